The number of aliphatic hydroxyl groups is 1. The van der Waals surface area contributed by atoms with E-state index < -0.39 is 0 Å². The fraction of sp³-hybridized carbons (Fsp3) is 0.444. The van der Waals surface area contributed by atoms with Crippen molar-refractivity contribution in [1.29, 1.82) is 0 Å². The van der Waals surface area contributed by atoms with Crippen molar-refractivity contribution in [1.82, 2.24) is 4.98 Å². The van der Waals surface area contributed by atoms with Crippen molar-refractivity contribution in [2.45, 2.75) is 19.4 Å². The lowest BCUT2D eigenvalue weighted by atomic mass is 10.3. The van der Waals surface area contributed by atoms with Gasteiger partial charge in [0.05, 0.1) is 11.8 Å². The van der Waals surface area contributed by atoms with Crippen LogP contribution in [0.1, 0.15) is 13.3 Å². The monoisotopic (exact) mass is 166 g/mol. The average Bonchev–Trinajstić information content (AvgIpc) is 2.16. The summed E-state index contributed by atoms with van der Waals surface area (Å²) < 4.78 is 0. The van der Waals surface area contributed by atoms with Crippen molar-refractivity contribution in [2.24, 2.45) is 0 Å². The van der Waals surface area contributed by atoms with E-state index in [9.17, 15) is 5.11 Å². The minimum Gasteiger partial charge on any atom is -0.391 e. The summed E-state index contributed by atoms with van der Waals surface area (Å²) in [6, 6.07) is 3.79. The number of rotatable bonds is 4. The zero-order valence-corrected chi connectivity index (χ0v) is 7.20. The van der Waals surface area contributed by atoms with Gasteiger partial charge in [-0.05, 0) is 18.6 Å². The maximum atomic E-state index is 9.24. The Morgan fingerprint density at radius 3 is 3.08 bits per heavy atom. The number of aliphatic hydroxyl groups excluding tert-OH is 1. The zero-order chi connectivity index (χ0) is 8.81. The summed E-state index contributed by atoms with van der Waals surface area (Å²) in [7, 11) is 0. The molecule has 1 rings (SSSR count). The lowest BCUT2D eigenvalue weighted by Gasteiger charge is -2.09. The molecule has 3 heteroatoms. The summed E-state index contributed by atoms with van der Waals surface area (Å²) >= 11 is 0. The van der Waals surface area contributed by atoms with Crippen molar-refractivity contribution in [2.75, 3.05) is 11.9 Å². The van der Waals surface area contributed by atoms with Gasteiger partial charge in [0.1, 0.15) is 0 Å². The molecule has 0 aliphatic rings. The lowest BCUT2D eigenvalue weighted by molar-refractivity contribution is 0.183. The second kappa shape index (κ2) is 4.72. The second-order valence-corrected chi connectivity index (χ2v) is 2.68. The molecule has 0 radical (unpaired) electrons. The van der Waals surface area contributed by atoms with E-state index in [2.05, 4.69) is 10.3 Å². The highest BCUT2D eigenvalue weighted by atomic mass is 16.3. The molecule has 0 aromatic carbocycles. The highest BCUT2D eigenvalue weighted by Crippen LogP contribution is 2.02. The highest BCUT2D eigenvalue weighted by Gasteiger charge is 1.98. The molecule has 0 aliphatic heterocycles. The van der Waals surface area contributed by atoms with Crippen LogP contribution in [0.3, 0.4) is 0 Å². The predicted octanol–water partition coefficient (Wildman–Crippen LogP) is 1.26. The van der Waals surface area contributed by atoms with Crippen LogP contribution >= 0.6 is 0 Å². The maximum Gasteiger partial charge on any atom is 0.0709 e. The van der Waals surface area contributed by atoms with E-state index in [0.717, 1.165) is 12.1 Å². The van der Waals surface area contributed by atoms with Gasteiger partial charge in [0.25, 0.3) is 0 Å². The van der Waals surface area contributed by atoms with Gasteiger partial charge >= 0.3 is 0 Å². The summed E-state index contributed by atoms with van der Waals surface area (Å²) in [5.41, 5.74) is 0.949. The van der Waals surface area contributed by atoms with Gasteiger partial charge in [-0.15, -0.1) is 0 Å². The Hall–Kier alpha value is -1.09. The van der Waals surface area contributed by atoms with Crippen molar-refractivity contribution < 1.29 is 5.11 Å². The van der Waals surface area contributed by atoms with Gasteiger partial charge in [-0.3, -0.25) is 4.98 Å². The number of nitrogens with one attached hydrogen (secondary N) is 1. The molecule has 0 spiro atoms. The van der Waals surface area contributed by atoms with Gasteiger partial charge in [0.2, 0.25) is 0 Å². The molecule has 1 atom stereocenters. The Labute approximate surface area is 72.5 Å². The number of anilines is 1. The first-order valence-electron chi connectivity index (χ1n) is 4.15. The molecule has 0 saturated carbocycles. The minimum absolute atomic E-state index is 0.273. The van der Waals surface area contributed by atoms with E-state index in [1.54, 1.807) is 12.4 Å². The Bertz CT molecular complexity index is 213. The van der Waals surface area contributed by atoms with Crippen molar-refractivity contribution in [3.8, 4) is 0 Å². The molecule has 1 aromatic heterocycles. The normalized spacial score (nSPS) is 12.5. The largest absolute Gasteiger partial charge is 0.391 e. The maximum absolute atomic E-state index is 9.24. The van der Waals surface area contributed by atoms with Crippen LogP contribution in [0.2, 0.25) is 0 Å². The van der Waals surface area contributed by atoms with Gasteiger partial charge < -0.3 is 10.4 Å². The Morgan fingerprint density at radius 1 is 1.67 bits per heavy atom. The third-order valence-electron chi connectivity index (χ3n) is 1.67. The smallest absolute Gasteiger partial charge is 0.0709 e. The summed E-state index contributed by atoms with van der Waals surface area (Å²) in [6.45, 7) is 2.54. The number of pyridine rings is 1. The van der Waals surface area contributed by atoms with Crippen LogP contribution < -0.4 is 5.32 Å². The molecule has 0 saturated heterocycles. The first-order chi connectivity index (χ1) is 5.83. The van der Waals surface area contributed by atoms with E-state index in [1.165, 1.54) is 0 Å². The third-order valence-corrected chi connectivity index (χ3v) is 1.67. The molecule has 1 unspecified atom stereocenters. The number of hydrogen-bond acceptors (Lipinski definition) is 3. The zero-order valence-electron chi connectivity index (χ0n) is 7.20. The van der Waals surface area contributed by atoms with Crippen LogP contribution in [0.4, 0.5) is 5.69 Å². The first kappa shape index (κ1) is 9.00. The highest BCUT2D eigenvalue weighted by molar-refractivity contribution is 5.39. The third kappa shape index (κ3) is 2.88. The summed E-state index contributed by atoms with van der Waals surface area (Å²) in [5, 5.41) is 12.3. The second-order valence-electron chi connectivity index (χ2n) is 2.68. The standard InChI is InChI=1S/C9H14N2O/c1-2-9(12)7-11-8-4-3-5-10-6-8/h3-6,9,11-12H,2,7H2,1H3. The summed E-state index contributed by atoms with van der Waals surface area (Å²) in [5.74, 6) is 0. The fourth-order valence-electron chi connectivity index (χ4n) is 0.847. The molecule has 0 aliphatic carbocycles. The van der Waals surface area contributed by atoms with Crippen LogP contribution in [0.25, 0.3) is 0 Å². The molecule has 0 fully saturated rings. The average molecular weight is 166 g/mol. The minimum atomic E-state index is -0.273. The van der Waals surface area contributed by atoms with E-state index in [0.29, 0.717) is 6.54 Å². The molecule has 0 amide bonds. The van der Waals surface area contributed by atoms with E-state index in [1.807, 2.05) is 19.1 Å². The molecular weight excluding hydrogens is 152 g/mol. The molecule has 1 aromatic rings. The summed E-state index contributed by atoms with van der Waals surface area (Å²) in [6.07, 6.45) is 3.96. The van der Waals surface area contributed by atoms with Crippen LogP contribution in [0, 0.1) is 0 Å². The van der Waals surface area contributed by atoms with E-state index in [-0.39, 0.29) is 6.10 Å². The molecule has 12 heavy (non-hydrogen) atoms. The molecular formula is C9H14N2O. The molecule has 66 valence electrons. The topological polar surface area (TPSA) is 45.1 Å². The number of nitrogens with zero attached hydrogens (tertiary/aromatic N) is 1. The SMILES string of the molecule is CCC(O)CNc1cccnc1. The van der Waals surface area contributed by atoms with Gasteiger partial charge in [0, 0.05) is 18.9 Å². The number of hydrogen-bond donors (Lipinski definition) is 2. The van der Waals surface area contributed by atoms with Gasteiger partial charge in [-0.1, -0.05) is 6.92 Å². The van der Waals surface area contributed by atoms with Crippen molar-refractivity contribution in [3.05, 3.63) is 24.5 Å². The van der Waals surface area contributed by atoms with Crippen LogP contribution in [0.15, 0.2) is 24.5 Å². The van der Waals surface area contributed by atoms with Crippen LogP contribution in [-0.4, -0.2) is 22.7 Å². The van der Waals surface area contributed by atoms with Crippen molar-refractivity contribution in [3.63, 3.8) is 0 Å². The Balaban J connectivity index is 2.33. The molecule has 1 heterocycles. The molecule has 0 bridgehead atoms. The fourth-order valence-corrected chi connectivity index (χ4v) is 0.847. The Morgan fingerprint density at radius 2 is 2.50 bits per heavy atom. The van der Waals surface area contributed by atoms with Crippen LogP contribution in [0.5, 0.6) is 0 Å². The molecule has 2 N–H and O–H groups in total. The molecule has 3 nitrogen and oxygen atoms in total. The van der Waals surface area contributed by atoms with E-state index in [4.69, 9.17) is 0 Å². The lowest BCUT2D eigenvalue weighted by Crippen LogP contribution is -2.18. The van der Waals surface area contributed by atoms with Gasteiger partial charge in [0.15, 0.2) is 0 Å². The predicted molar refractivity (Wildman–Crippen MR) is 49.0 cm³/mol. The van der Waals surface area contributed by atoms with Gasteiger partial charge in [-0.2, -0.15) is 0 Å². The Kier molecular flexibility index (Phi) is 3.54. The van der Waals surface area contributed by atoms with E-state index >= 15 is 0 Å². The quantitative estimate of drug-likeness (QED) is 0.708. The van der Waals surface area contributed by atoms with Crippen LogP contribution in [-0.2, 0) is 0 Å². The number of aromatic nitrogens is 1. The first-order valence-corrected chi connectivity index (χ1v) is 4.15. The summed E-state index contributed by atoms with van der Waals surface area (Å²) in [4.78, 5) is 3.94. The van der Waals surface area contributed by atoms with Crippen molar-refractivity contribution >= 4 is 5.69 Å². The van der Waals surface area contributed by atoms with Gasteiger partial charge in [-0.25, -0.2) is 0 Å².